The lowest BCUT2D eigenvalue weighted by Gasteiger charge is -2.35. The fourth-order valence-corrected chi connectivity index (χ4v) is 2.87. The van der Waals surface area contributed by atoms with Crippen molar-refractivity contribution in [3.05, 3.63) is 47.9 Å². The van der Waals surface area contributed by atoms with Crippen molar-refractivity contribution in [2.45, 2.75) is 13.3 Å². The van der Waals surface area contributed by atoms with E-state index in [-0.39, 0.29) is 0 Å². The van der Waals surface area contributed by atoms with Crippen molar-refractivity contribution in [1.29, 1.82) is 0 Å². The summed E-state index contributed by atoms with van der Waals surface area (Å²) in [6.07, 6.45) is 2.31. The first-order chi connectivity index (χ1) is 10.7. The summed E-state index contributed by atoms with van der Waals surface area (Å²) in [5.41, 5.74) is 9.20. The Labute approximate surface area is 131 Å². The number of anilines is 2. The molecule has 5 heteroatoms. The number of piperazine rings is 1. The second-order valence-corrected chi connectivity index (χ2v) is 5.70. The number of rotatable bonds is 4. The number of hydrogen-bond acceptors (Lipinski definition) is 5. The number of hydrogen-bond donors (Lipinski definition) is 1. The molecule has 0 radical (unpaired) electrons. The van der Waals surface area contributed by atoms with Crippen LogP contribution in [0.5, 0.6) is 0 Å². The van der Waals surface area contributed by atoms with Crippen molar-refractivity contribution in [1.82, 2.24) is 14.9 Å². The molecule has 1 fully saturated rings. The molecule has 0 atom stereocenters. The highest BCUT2D eigenvalue weighted by Crippen LogP contribution is 2.18. The summed E-state index contributed by atoms with van der Waals surface area (Å²) >= 11 is 0. The fourth-order valence-electron chi connectivity index (χ4n) is 2.87. The van der Waals surface area contributed by atoms with E-state index in [0.29, 0.717) is 5.82 Å². The predicted molar refractivity (Wildman–Crippen MR) is 90.0 cm³/mol. The summed E-state index contributed by atoms with van der Waals surface area (Å²) in [4.78, 5) is 13.1. The van der Waals surface area contributed by atoms with E-state index in [4.69, 9.17) is 5.73 Å². The number of likely N-dealkylation sites (N-methyl/N-ethyl adjacent to an activating group) is 1. The molecule has 2 heterocycles. The first-order valence-electron chi connectivity index (χ1n) is 7.87. The lowest BCUT2D eigenvalue weighted by molar-refractivity contribution is 0.271. The van der Waals surface area contributed by atoms with Crippen molar-refractivity contribution < 1.29 is 0 Å². The standard InChI is InChI=1S/C17H23N5/c1-2-21-7-9-22(10-8-21)16-5-3-14(4-6-16)11-15-12-17(18)20-13-19-15/h3-6,12-13H,2,7-11H2,1H3,(H2,18,19,20). The maximum absolute atomic E-state index is 5.69. The van der Waals surface area contributed by atoms with E-state index < -0.39 is 0 Å². The first kappa shape index (κ1) is 14.8. The maximum Gasteiger partial charge on any atom is 0.127 e. The van der Waals surface area contributed by atoms with Crippen LogP contribution in [-0.4, -0.2) is 47.6 Å². The van der Waals surface area contributed by atoms with Gasteiger partial charge in [-0.3, -0.25) is 0 Å². The van der Waals surface area contributed by atoms with Gasteiger partial charge >= 0.3 is 0 Å². The van der Waals surface area contributed by atoms with E-state index >= 15 is 0 Å². The Morgan fingerprint density at radius 3 is 2.41 bits per heavy atom. The van der Waals surface area contributed by atoms with Crippen LogP contribution in [0.2, 0.25) is 0 Å². The third-order valence-electron chi connectivity index (χ3n) is 4.25. The van der Waals surface area contributed by atoms with Gasteiger partial charge in [-0.05, 0) is 24.2 Å². The molecule has 0 spiro atoms. The molecule has 0 bridgehead atoms. The van der Waals surface area contributed by atoms with Gasteiger partial charge in [0.2, 0.25) is 0 Å². The van der Waals surface area contributed by atoms with Crippen molar-refractivity contribution >= 4 is 11.5 Å². The van der Waals surface area contributed by atoms with Gasteiger partial charge < -0.3 is 15.5 Å². The molecule has 1 aliphatic rings. The van der Waals surface area contributed by atoms with E-state index in [1.807, 2.05) is 6.07 Å². The maximum atomic E-state index is 5.69. The third-order valence-corrected chi connectivity index (χ3v) is 4.25. The third kappa shape index (κ3) is 3.54. The Kier molecular flexibility index (Phi) is 4.53. The van der Waals surface area contributed by atoms with E-state index in [0.717, 1.165) is 44.8 Å². The van der Waals surface area contributed by atoms with Crippen molar-refractivity contribution in [2.75, 3.05) is 43.4 Å². The molecule has 0 aliphatic carbocycles. The smallest absolute Gasteiger partial charge is 0.127 e. The average Bonchev–Trinajstić information content (AvgIpc) is 2.56. The molecular formula is C17H23N5. The highest BCUT2D eigenvalue weighted by molar-refractivity contribution is 5.48. The van der Waals surface area contributed by atoms with Gasteiger partial charge in [0.05, 0.1) is 5.69 Å². The Bertz CT molecular complexity index is 603. The molecule has 5 nitrogen and oxygen atoms in total. The highest BCUT2D eigenvalue weighted by Gasteiger charge is 2.15. The Morgan fingerprint density at radius 2 is 1.77 bits per heavy atom. The lowest BCUT2D eigenvalue weighted by atomic mass is 10.1. The zero-order valence-corrected chi connectivity index (χ0v) is 13.1. The topological polar surface area (TPSA) is 58.3 Å². The highest BCUT2D eigenvalue weighted by atomic mass is 15.3. The van der Waals surface area contributed by atoms with Gasteiger partial charge in [0.15, 0.2) is 0 Å². The molecule has 22 heavy (non-hydrogen) atoms. The van der Waals surface area contributed by atoms with E-state index in [9.17, 15) is 0 Å². The van der Waals surface area contributed by atoms with Gasteiger partial charge in [-0.2, -0.15) is 0 Å². The van der Waals surface area contributed by atoms with Gasteiger partial charge in [0.1, 0.15) is 12.1 Å². The average molecular weight is 297 g/mol. The van der Waals surface area contributed by atoms with Gasteiger partial charge in [-0.25, -0.2) is 9.97 Å². The zero-order valence-electron chi connectivity index (χ0n) is 13.1. The predicted octanol–water partition coefficient (Wildman–Crippen LogP) is 1.79. The largest absolute Gasteiger partial charge is 0.384 e. The van der Waals surface area contributed by atoms with Crippen molar-refractivity contribution in [2.24, 2.45) is 0 Å². The summed E-state index contributed by atoms with van der Waals surface area (Å²) in [7, 11) is 0. The van der Waals surface area contributed by atoms with Crippen LogP contribution in [0.25, 0.3) is 0 Å². The number of nitrogens with two attached hydrogens (primary N) is 1. The molecule has 0 amide bonds. The van der Waals surface area contributed by atoms with Gasteiger partial charge in [0.25, 0.3) is 0 Å². The van der Waals surface area contributed by atoms with Crippen LogP contribution in [0.3, 0.4) is 0 Å². The number of aromatic nitrogens is 2. The Hall–Kier alpha value is -2.14. The van der Waals surface area contributed by atoms with E-state index in [1.54, 1.807) is 0 Å². The summed E-state index contributed by atoms with van der Waals surface area (Å²) < 4.78 is 0. The van der Waals surface area contributed by atoms with Crippen LogP contribution < -0.4 is 10.6 Å². The van der Waals surface area contributed by atoms with Crippen molar-refractivity contribution in [3.63, 3.8) is 0 Å². The second-order valence-electron chi connectivity index (χ2n) is 5.70. The summed E-state index contributed by atoms with van der Waals surface area (Å²) in [5.74, 6) is 0.524. The second kappa shape index (κ2) is 6.75. The van der Waals surface area contributed by atoms with Crippen LogP contribution in [-0.2, 0) is 6.42 Å². The molecule has 1 aromatic carbocycles. The van der Waals surface area contributed by atoms with Crippen LogP contribution in [0, 0.1) is 0 Å². The van der Waals surface area contributed by atoms with Crippen molar-refractivity contribution in [3.8, 4) is 0 Å². The van der Waals surface area contributed by atoms with Crippen LogP contribution in [0.4, 0.5) is 11.5 Å². The Balaban J connectivity index is 1.63. The zero-order chi connectivity index (χ0) is 15.4. The minimum Gasteiger partial charge on any atom is -0.384 e. The van der Waals surface area contributed by atoms with Crippen LogP contribution >= 0.6 is 0 Å². The molecule has 1 aliphatic heterocycles. The molecule has 2 N–H and O–H groups in total. The summed E-state index contributed by atoms with van der Waals surface area (Å²) in [6, 6.07) is 10.6. The normalized spacial score (nSPS) is 16.0. The lowest BCUT2D eigenvalue weighted by Crippen LogP contribution is -2.46. The van der Waals surface area contributed by atoms with Gasteiger partial charge in [-0.15, -0.1) is 0 Å². The fraction of sp³-hybridized carbons (Fsp3) is 0.412. The number of benzene rings is 1. The number of nitrogen functional groups attached to an aromatic ring is 1. The van der Waals surface area contributed by atoms with E-state index in [1.165, 1.54) is 17.6 Å². The van der Waals surface area contributed by atoms with Crippen LogP contribution in [0.1, 0.15) is 18.2 Å². The summed E-state index contributed by atoms with van der Waals surface area (Å²) in [5, 5.41) is 0. The minimum atomic E-state index is 0.524. The molecule has 2 aromatic rings. The molecule has 116 valence electrons. The molecule has 3 rings (SSSR count). The van der Waals surface area contributed by atoms with E-state index in [2.05, 4.69) is 51.0 Å². The number of nitrogens with zero attached hydrogens (tertiary/aromatic N) is 4. The SMILES string of the molecule is CCN1CCN(c2ccc(Cc3cc(N)ncn3)cc2)CC1. The molecule has 0 unspecified atom stereocenters. The van der Waals surface area contributed by atoms with Crippen LogP contribution in [0.15, 0.2) is 36.7 Å². The molecular weight excluding hydrogens is 274 g/mol. The summed E-state index contributed by atoms with van der Waals surface area (Å²) in [6.45, 7) is 7.89. The molecule has 1 saturated heterocycles. The molecule has 1 aromatic heterocycles. The molecule has 0 saturated carbocycles. The van der Waals surface area contributed by atoms with Gasteiger partial charge in [0, 0.05) is 44.4 Å². The Morgan fingerprint density at radius 1 is 1.05 bits per heavy atom. The minimum absolute atomic E-state index is 0.524. The quantitative estimate of drug-likeness (QED) is 0.932. The first-order valence-corrected chi connectivity index (χ1v) is 7.87. The van der Waals surface area contributed by atoms with Gasteiger partial charge in [-0.1, -0.05) is 19.1 Å². The monoisotopic (exact) mass is 297 g/mol.